The number of nitro benzene ring substituents is 1. The van der Waals surface area contributed by atoms with E-state index >= 15 is 0 Å². The molecule has 2 heterocycles. The van der Waals surface area contributed by atoms with Gasteiger partial charge in [0.25, 0.3) is 11.2 Å². The third-order valence-corrected chi connectivity index (χ3v) is 8.26. The Morgan fingerprint density at radius 2 is 1.70 bits per heavy atom. The number of allylic oxidation sites excluding steroid dienone is 1. The van der Waals surface area contributed by atoms with E-state index in [1.54, 1.807) is 32.0 Å². The first kappa shape index (κ1) is 32.0. The Bertz CT molecular complexity index is 2020. The van der Waals surface area contributed by atoms with Gasteiger partial charge in [0, 0.05) is 0 Å². The van der Waals surface area contributed by atoms with Crippen molar-refractivity contribution in [2.24, 2.45) is 4.99 Å². The van der Waals surface area contributed by atoms with Crippen molar-refractivity contribution < 1.29 is 33.4 Å². The smallest absolute Gasteiger partial charge is 0.338 e. The molecule has 5 rings (SSSR count). The minimum absolute atomic E-state index is 0.120. The van der Waals surface area contributed by atoms with E-state index in [4.69, 9.17) is 23.7 Å². The van der Waals surface area contributed by atoms with Gasteiger partial charge in [-0.25, -0.2) is 9.79 Å². The summed E-state index contributed by atoms with van der Waals surface area (Å²) in [5, 5.41) is 12.2. The highest BCUT2D eigenvalue weighted by atomic mass is 32.1. The summed E-state index contributed by atoms with van der Waals surface area (Å²) >= 11 is 1.04. The highest BCUT2D eigenvalue weighted by Gasteiger charge is 2.34. The highest BCUT2D eigenvalue weighted by Crippen LogP contribution is 2.37. The van der Waals surface area contributed by atoms with Crippen LogP contribution in [0.4, 0.5) is 5.69 Å². The molecule has 0 N–H and O–H groups in total. The number of ether oxygens (including phenoxy) is 5. The number of esters is 1. The van der Waals surface area contributed by atoms with Crippen LogP contribution >= 0.6 is 11.3 Å². The molecular weight excluding hydrogens is 614 g/mol. The zero-order valence-corrected chi connectivity index (χ0v) is 26.6. The first-order valence-corrected chi connectivity index (χ1v) is 15.0. The van der Waals surface area contributed by atoms with Crippen LogP contribution in [-0.2, 0) is 16.1 Å². The number of rotatable bonds is 11. The Kier molecular flexibility index (Phi) is 9.52. The van der Waals surface area contributed by atoms with Gasteiger partial charge in [0.2, 0.25) is 0 Å². The maximum atomic E-state index is 14.1. The van der Waals surface area contributed by atoms with Crippen LogP contribution < -0.4 is 33.8 Å². The standard InChI is InChI=1S/C33H31N3O9S/c1-6-44-32(38)29-19(2)34-33-35(30(29)21-12-13-24(41-3)25(14-21)42-4)31(37)28(46-33)16-22-15-26(43-5)27(17-23(22)36(39)40)45-18-20-10-8-7-9-11-20/h7-17,30H,6,18H2,1-5H3/b28-16-/t30-/m1/s1. The molecule has 1 atom stereocenters. The molecule has 0 saturated carbocycles. The second-order valence-electron chi connectivity index (χ2n) is 10.0. The molecule has 0 fully saturated rings. The average Bonchev–Trinajstić information content (AvgIpc) is 3.36. The van der Waals surface area contributed by atoms with E-state index in [1.807, 2.05) is 30.3 Å². The summed E-state index contributed by atoms with van der Waals surface area (Å²) in [5.41, 5.74) is 1.32. The molecule has 0 aliphatic carbocycles. The summed E-state index contributed by atoms with van der Waals surface area (Å²) in [7, 11) is 4.42. The lowest BCUT2D eigenvalue weighted by molar-refractivity contribution is -0.385. The minimum Gasteiger partial charge on any atom is -0.493 e. The number of aromatic nitrogens is 1. The molecule has 0 bridgehead atoms. The number of methoxy groups -OCH3 is 3. The summed E-state index contributed by atoms with van der Waals surface area (Å²) < 4.78 is 29.2. The van der Waals surface area contributed by atoms with Crippen molar-refractivity contribution in [1.29, 1.82) is 0 Å². The molecule has 1 aromatic heterocycles. The van der Waals surface area contributed by atoms with Crippen LogP contribution in [0, 0.1) is 10.1 Å². The summed E-state index contributed by atoms with van der Waals surface area (Å²) in [6, 6.07) is 16.3. The molecule has 0 radical (unpaired) electrons. The third-order valence-electron chi connectivity index (χ3n) is 7.27. The second kappa shape index (κ2) is 13.7. The molecule has 0 unspecified atom stereocenters. The monoisotopic (exact) mass is 645 g/mol. The van der Waals surface area contributed by atoms with Crippen molar-refractivity contribution in [3.8, 4) is 23.0 Å². The highest BCUT2D eigenvalue weighted by molar-refractivity contribution is 7.07. The normalized spacial score (nSPS) is 14.3. The number of nitrogens with zero attached hydrogens (tertiary/aromatic N) is 3. The second-order valence-corrected chi connectivity index (χ2v) is 11.0. The predicted molar refractivity (Wildman–Crippen MR) is 170 cm³/mol. The third kappa shape index (κ3) is 6.22. The molecule has 0 saturated heterocycles. The van der Waals surface area contributed by atoms with Gasteiger partial charge in [-0.05, 0) is 49.2 Å². The largest absolute Gasteiger partial charge is 0.493 e. The number of fused-ring (bicyclic) bond motifs is 1. The number of hydrogen-bond donors (Lipinski definition) is 0. The van der Waals surface area contributed by atoms with E-state index < -0.39 is 22.5 Å². The fourth-order valence-corrected chi connectivity index (χ4v) is 6.15. The lowest BCUT2D eigenvalue weighted by atomic mass is 9.95. The maximum Gasteiger partial charge on any atom is 0.338 e. The van der Waals surface area contributed by atoms with Crippen LogP contribution in [-0.4, -0.2) is 43.4 Å². The van der Waals surface area contributed by atoms with Crippen molar-refractivity contribution in [3.05, 3.63) is 118 Å². The molecule has 0 amide bonds. The Hall–Kier alpha value is -5.43. The van der Waals surface area contributed by atoms with Gasteiger partial charge in [0.05, 0.1) is 66.3 Å². The molecule has 4 aromatic rings. The predicted octanol–water partition coefficient (Wildman–Crippen LogP) is 4.31. The van der Waals surface area contributed by atoms with E-state index in [2.05, 4.69) is 4.99 Å². The number of carbonyl (C=O) groups excluding carboxylic acids is 1. The summed E-state index contributed by atoms with van der Waals surface area (Å²) in [6.07, 6.45) is 1.42. The van der Waals surface area contributed by atoms with Gasteiger partial charge in [-0.1, -0.05) is 47.7 Å². The number of benzene rings is 3. The topological polar surface area (TPSA) is 141 Å². The van der Waals surface area contributed by atoms with Crippen molar-refractivity contribution in [3.63, 3.8) is 0 Å². The fourth-order valence-electron chi connectivity index (χ4n) is 5.12. The SMILES string of the molecule is CCOC(=O)C1=C(C)N=c2s/c(=C\c3cc(OC)c(OCc4ccccc4)cc3[N+](=O)[O-])c(=O)n2[C@@H]1c1ccc(OC)c(OC)c1. The van der Waals surface area contributed by atoms with Gasteiger partial charge in [-0.15, -0.1) is 0 Å². The first-order chi connectivity index (χ1) is 22.2. The van der Waals surface area contributed by atoms with Crippen molar-refractivity contribution in [2.75, 3.05) is 27.9 Å². The number of carbonyl (C=O) groups is 1. The first-order valence-electron chi connectivity index (χ1n) is 14.1. The lowest BCUT2D eigenvalue weighted by Gasteiger charge is -2.25. The molecular formula is C33H31N3O9S. The summed E-state index contributed by atoms with van der Waals surface area (Å²) in [6.45, 7) is 3.65. The van der Waals surface area contributed by atoms with Crippen LogP contribution in [0.3, 0.4) is 0 Å². The summed E-state index contributed by atoms with van der Waals surface area (Å²) in [4.78, 5) is 43.9. The van der Waals surface area contributed by atoms with Gasteiger partial charge in [0.1, 0.15) is 6.61 Å². The zero-order valence-electron chi connectivity index (χ0n) is 25.8. The molecule has 13 heteroatoms. The van der Waals surface area contributed by atoms with Crippen molar-refractivity contribution in [2.45, 2.75) is 26.5 Å². The average molecular weight is 646 g/mol. The van der Waals surface area contributed by atoms with E-state index in [0.717, 1.165) is 16.9 Å². The molecule has 1 aliphatic heterocycles. The summed E-state index contributed by atoms with van der Waals surface area (Å²) in [5.74, 6) is 0.681. The van der Waals surface area contributed by atoms with E-state index in [-0.39, 0.29) is 46.1 Å². The van der Waals surface area contributed by atoms with Crippen LogP contribution in [0.15, 0.2) is 81.7 Å². The molecule has 12 nitrogen and oxygen atoms in total. The molecule has 1 aliphatic rings. The number of hydrogen-bond acceptors (Lipinski definition) is 11. The Labute approximate surface area is 267 Å². The van der Waals surface area contributed by atoms with Gasteiger partial charge in [-0.2, -0.15) is 0 Å². The van der Waals surface area contributed by atoms with Crippen LogP contribution in [0.1, 0.15) is 36.6 Å². The number of thiazole rings is 1. The number of nitro groups is 1. The Morgan fingerprint density at radius 3 is 2.35 bits per heavy atom. The Balaban J connectivity index is 1.66. The van der Waals surface area contributed by atoms with E-state index in [1.165, 1.54) is 44.1 Å². The molecule has 0 spiro atoms. The van der Waals surface area contributed by atoms with Gasteiger partial charge in [0.15, 0.2) is 27.8 Å². The Morgan fingerprint density at radius 1 is 1.00 bits per heavy atom. The maximum absolute atomic E-state index is 14.1. The lowest BCUT2D eigenvalue weighted by Crippen LogP contribution is -2.40. The van der Waals surface area contributed by atoms with E-state index in [0.29, 0.717) is 27.6 Å². The van der Waals surface area contributed by atoms with Crippen LogP contribution in [0.5, 0.6) is 23.0 Å². The fraction of sp³-hybridized carbons (Fsp3) is 0.242. The minimum atomic E-state index is -0.921. The molecule has 238 valence electrons. The van der Waals surface area contributed by atoms with Gasteiger partial charge < -0.3 is 23.7 Å². The van der Waals surface area contributed by atoms with Crippen molar-refractivity contribution in [1.82, 2.24) is 4.57 Å². The van der Waals surface area contributed by atoms with Gasteiger partial charge >= 0.3 is 5.97 Å². The van der Waals surface area contributed by atoms with Crippen LogP contribution in [0.25, 0.3) is 6.08 Å². The van der Waals surface area contributed by atoms with E-state index in [9.17, 15) is 19.7 Å². The van der Waals surface area contributed by atoms with Crippen LogP contribution in [0.2, 0.25) is 0 Å². The quantitative estimate of drug-likeness (QED) is 0.133. The molecule has 3 aromatic carbocycles. The molecule has 46 heavy (non-hydrogen) atoms. The zero-order chi connectivity index (χ0) is 33.0. The van der Waals surface area contributed by atoms with Crippen molar-refractivity contribution >= 4 is 29.1 Å². The van der Waals surface area contributed by atoms with Gasteiger partial charge in [-0.3, -0.25) is 19.5 Å².